The van der Waals surface area contributed by atoms with Gasteiger partial charge in [0, 0.05) is 23.5 Å². The smallest absolute Gasteiger partial charge is 0.0654 e. The van der Waals surface area contributed by atoms with Crippen LogP contribution in [0.25, 0.3) is 0 Å². The molecular formula is C2H6N3O2V-. The average Bonchev–Trinajstić information content (AvgIpc) is 1.65. The van der Waals surface area contributed by atoms with E-state index in [1.165, 1.54) is 14.1 Å². The van der Waals surface area contributed by atoms with Crippen molar-refractivity contribution < 1.29 is 23.5 Å². The van der Waals surface area contributed by atoms with Crippen molar-refractivity contribution in [1.29, 1.82) is 0 Å². The van der Waals surface area contributed by atoms with Gasteiger partial charge < -0.3 is 10.4 Å². The Kier molecular flexibility index (Phi) is 6.24. The summed E-state index contributed by atoms with van der Waals surface area (Å²) >= 11 is 0. The Morgan fingerprint density at radius 3 is 1.88 bits per heavy atom. The van der Waals surface area contributed by atoms with Crippen LogP contribution in [-0.4, -0.2) is 24.1 Å². The van der Waals surface area contributed by atoms with E-state index in [4.69, 9.17) is 0 Å². The Bertz CT molecular complexity index is 83.4. The standard InChI is InChI=1S/C2H7N3O2.V/c1-4(2)5(7)3-6;/h6H,1-2H3;/p-1. The third-order valence-corrected chi connectivity index (χ3v) is 0.412. The van der Waals surface area contributed by atoms with Crippen LogP contribution in [0.15, 0.2) is 5.28 Å². The quantitative estimate of drug-likeness (QED) is 0.302. The first kappa shape index (κ1) is 10.5. The molecule has 0 atom stereocenters. The van der Waals surface area contributed by atoms with Crippen molar-refractivity contribution in [3.05, 3.63) is 10.4 Å². The third-order valence-electron chi connectivity index (χ3n) is 0.412. The van der Waals surface area contributed by atoms with Gasteiger partial charge in [0.1, 0.15) is 0 Å². The maximum atomic E-state index is 9.88. The Hall–Kier alpha value is -0.416. The van der Waals surface area contributed by atoms with E-state index in [2.05, 4.69) is 0 Å². The minimum atomic E-state index is -0.0556. The number of hydrazine groups is 1. The molecule has 0 spiro atoms. The topological polar surface area (TPSA) is 64.7 Å². The van der Waals surface area contributed by atoms with E-state index in [0.717, 1.165) is 5.01 Å². The molecule has 1 radical (unpaired) electrons. The predicted octanol–water partition coefficient (Wildman–Crippen LogP) is -0.0792. The van der Waals surface area contributed by atoms with Gasteiger partial charge in [0.2, 0.25) is 0 Å². The first-order valence-electron chi connectivity index (χ1n) is 1.66. The number of hydrogen-bond donors (Lipinski definition) is 0. The molecule has 0 aliphatic rings. The molecule has 0 aliphatic heterocycles. The maximum absolute atomic E-state index is 9.88. The minimum Gasteiger partial charge on any atom is -0.737 e. The zero-order chi connectivity index (χ0) is 5.86. The molecule has 0 aliphatic carbocycles. The van der Waals surface area contributed by atoms with Gasteiger partial charge in [-0.25, -0.2) is 0 Å². The van der Waals surface area contributed by atoms with Crippen molar-refractivity contribution in [3.63, 3.8) is 0 Å². The van der Waals surface area contributed by atoms with E-state index in [0.29, 0.717) is 0 Å². The molecule has 6 heteroatoms. The number of nitrogens with zero attached hydrogens (tertiary/aromatic N) is 3. The first-order valence-corrected chi connectivity index (χ1v) is 1.66. The summed E-state index contributed by atoms with van der Waals surface area (Å²) in [6, 6.07) is 0. The van der Waals surface area contributed by atoms with Crippen LogP contribution in [0.3, 0.4) is 0 Å². The van der Waals surface area contributed by atoms with Gasteiger partial charge in [-0.2, -0.15) is 5.01 Å². The van der Waals surface area contributed by atoms with Crippen LogP contribution >= 0.6 is 0 Å². The van der Waals surface area contributed by atoms with Gasteiger partial charge in [0.05, 0.1) is 14.1 Å². The first-order chi connectivity index (χ1) is 3.18. The van der Waals surface area contributed by atoms with E-state index in [9.17, 15) is 10.4 Å². The molecule has 0 aromatic heterocycles. The number of hydrogen-bond acceptors (Lipinski definition) is 3. The van der Waals surface area contributed by atoms with E-state index in [1.54, 1.807) is 0 Å². The molecule has 0 aromatic rings. The molecule has 0 bridgehead atoms. The van der Waals surface area contributed by atoms with Crippen molar-refractivity contribution in [2.24, 2.45) is 5.28 Å². The van der Waals surface area contributed by atoms with Gasteiger partial charge in [0.15, 0.2) is 0 Å². The molecule has 0 heterocycles. The van der Waals surface area contributed by atoms with Crippen LogP contribution in [0.2, 0.25) is 0 Å². The van der Waals surface area contributed by atoms with Gasteiger partial charge >= 0.3 is 0 Å². The van der Waals surface area contributed by atoms with Gasteiger partial charge in [-0.05, 0) is 5.28 Å². The molecule has 0 N–H and O–H groups in total. The summed E-state index contributed by atoms with van der Waals surface area (Å²) in [5, 5.41) is 22.2. The van der Waals surface area contributed by atoms with Crippen molar-refractivity contribution >= 4 is 0 Å². The molecule has 0 amide bonds. The fraction of sp³-hybridized carbons (Fsp3) is 1.00. The van der Waals surface area contributed by atoms with Crippen molar-refractivity contribution in [2.45, 2.75) is 0 Å². The van der Waals surface area contributed by atoms with Gasteiger partial charge in [-0.3, -0.25) is 0 Å². The molecular weight excluding hydrogens is 149 g/mol. The molecule has 0 saturated carbocycles. The molecule has 8 heavy (non-hydrogen) atoms. The normalized spacial score (nSPS) is 10.0. The summed E-state index contributed by atoms with van der Waals surface area (Å²) in [5.41, 5.74) is 0. The molecule has 0 unspecified atom stereocenters. The molecule has 0 rings (SSSR count). The second-order valence-corrected chi connectivity index (χ2v) is 1.18. The van der Waals surface area contributed by atoms with Gasteiger partial charge in [-0.1, -0.05) is 0 Å². The molecule has 5 nitrogen and oxygen atoms in total. The van der Waals surface area contributed by atoms with Crippen LogP contribution in [0.4, 0.5) is 0 Å². The van der Waals surface area contributed by atoms with Crippen molar-refractivity contribution in [3.8, 4) is 0 Å². The maximum Gasteiger partial charge on any atom is 0.0654 e. The summed E-state index contributed by atoms with van der Waals surface area (Å²) in [4.78, 5) is -0.0556. The van der Waals surface area contributed by atoms with E-state index in [1.807, 2.05) is 5.28 Å². The van der Waals surface area contributed by atoms with Crippen LogP contribution in [0.1, 0.15) is 0 Å². The van der Waals surface area contributed by atoms with Gasteiger partial charge in [0.25, 0.3) is 0 Å². The summed E-state index contributed by atoms with van der Waals surface area (Å²) < 4.78 is 0. The van der Waals surface area contributed by atoms with Crippen LogP contribution in [-0.2, 0) is 18.6 Å². The fourth-order valence-corrected chi connectivity index (χ4v) is 0.0730. The Morgan fingerprint density at radius 2 is 1.88 bits per heavy atom. The van der Waals surface area contributed by atoms with E-state index in [-0.39, 0.29) is 23.5 Å². The van der Waals surface area contributed by atoms with Crippen LogP contribution < -0.4 is 0 Å². The Balaban J connectivity index is 0. The minimum absolute atomic E-state index is 0. The second-order valence-electron chi connectivity index (χ2n) is 1.18. The Morgan fingerprint density at radius 1 is 1.50 bits per heavy atom. The fourth-order valence-electron chi connectivity index (χ4n) is 0.0730. The summed E-state index contributed by atoms with van der Waals surface area (Å²) in [7, 11) is 2.85. The van der Waals surface area contributed by atoms with Crippen molar-refractivity contribution in [1.82, 2.24) is 5.01 Å². The molecule has 0 aromatic carbocycles. The molecule has 0 fully saturated rings. The Labute approximate surface area is 59.0 Å². The van der Waals surface area contributed by atoms with Crippen LogP contribution in [0, 0.1) is 10.4 Å². The van der Waals surface area contributed by atoms with Crippen LogP contribution in [0.5, 0.6) is 0 Å². The monoisotopic (exact) mass is 155 g/mol. The average molecular weight is 155 g/mol. The summed E-state index contributed by atoms with van der Waals surface area (Å²) in [5.74, 6) is 0. The number of rotatable bonds is 1. The SMILES string of the molecule is CN(C)[N+]([O-])=N[O-].[V]. The van der Waals surface area contributed by atoms with Crippen molar-refractivity contribution in [2.75, 3.05) is 14.1 Å². The van der Waals surface area contributed by atoms with E-state index >= 15 is 0 Å². The zero-order valence-corrected chi connectivity index (χ0v) is 6.00. The summed E-state index contributed by atoms with van der Waals surface area (Å²) in [6.07, 6.45) is 0. The third kappa shape index (κ3) is 3.76. The van der Waals surface area contributed by atoms with Gasteiger partial charge in [-0.15, -0.1) is 0 Å². The molecule has 0 saturated heterocycles. The predicted molar refractivity (Wildman–Crippen MR) is 23.1 cm³/mol. The second kappa shape index (κ2) is 4.74. The van der Waals surface area contributed by atoms with E-state index < -0.39 is 0 Å². The zero-order valence-electron chi connectivity index (χ0n) is 4.61. The molecule has 47 valence electrons. The largest absolute Gasteiger partial charge is 0.737 e. The summed E-state index contributed by atoms with van der Waals surface area (Å²) in [6.45, 7) is 0.